The molecule has 8 nitrogen and oxygen atoms in total. The largest absolute Gasteiger partial charge is 0.345 e. The zero-order valence-electron chi connectivity index (χ0n) is 13.8. The second-order valence-corrected chi connectivity index (χ2v) is 5.90. The van der Waals surface area contributed by atoms with Crippen LogP contribution in [0.25, 0.3) is 0 Å². The summed E-state index contributed by atoms with van der Waals surface area (Å²) in [6.45, 7) is 6.20. The number of nitrogens with one attached hydrogen (secondary N) is 1. The Hall–Kier alpha value is -2.51. The van der Waals surface area contributed by atoms with Crippen LogP contribution in [0.15, 0.2) is 15.4 Å². The van der Waals surface area contributed by atoms with Crippen LogP contribution in [0, 0.1) is 12.8 Å². The van der Waals surface area contributed by atoms with E-state index in [0.29, 0.717) is 42.7 Å². The van der Waals surface area contributed by atoms with Crippen molar-refractivity contribution in [2.24, 2.45) is 5.92 Å². The van der Waals surface area contributed by atoms with Crippen LogP contribution in [0.5, 0.6) is 0 Å². The first-order valence-electron chi connectivity index (χ1n) is 7.50. The Morgan fingerprint density at radius 2 is 2.13 bits per heavy atom. The molecule has 0 bridgehead atoms. The molecular formula is C15H21N5O3. The third kappa shape index (κ3) is 4.73. The van der Waals surface area contributed by atoms with E-state index in [9.17, 15) is 9.59 Å². The second kappa shape index (κ2) is 7.17. The van der Waals surface area contributed by atoms with E-state index in [1.165, 1.54) is 4.90 Å². The molecule has 2 heterocycles. The standard InChI is InChI=1S/C15H21N5O3/c1-9(2)7-11-8-12(18-15(22)17-11)14(21)20(4)6-5-13-16-10(3)23-19-13/h8-9H,5-7H2,1-4H3,(H,17,18,22). The highest BCUT2D eigenvalue weighted by Gasteiger charge is 2.16. The fourth-order valence-corrected chi connectivity index (χ4v) is 2.18. The van der Waals surface area contributed by atoms with Gasteiger partial charge >= 0.3 is 5.69 Å². The molecule has 124 valence electrons. The summed E-state index contributed by atoms with van der Waals surface area (Å²) in [6, 6.07) is 1.64. The molecule has 2 aromatic rings. The predicted molar refractivity (Wildman–Crippen MR) is 83.1 cm³/mol. The van der Waals surface area contributed by atoms with Crippen molar-refractivity contribution in [3.8, 4) is 0 Å². The van der Waals surface area contributed by atoms with Crippen LogP contribution in [0.4, 0.5) is 0 Å². The number of hydrogen-bond donors (Lipinski definition) is 1. The van der Waals surface area contributed by atoms with Gasteiger partial charge in [0.05, 0.1) is 0 Å². The van der Waals surface area contributed by atoms with Crippen molar-refractivity contribution in [3.05, 3.63) is 39.7 Å². The zero-order valence-corrected chi connectivity index (χ0v) is 13.8. The molecule has 2 aromatic heterocycles. The van der Waals surface area contributed by atoms with E-state index in [1.807, 2.05) is 13.8 Å². The topological polar surface area (TPSA) is 105 Å². The highest BCUT2D eigenvalue weighted by molar-refractivity contribution is 5.92. The molecule has 8 heteroatoms. The summed E-state index contributed by atoms with van der Waals surface area (Å²) >= 11 is 0. The molecule has 1 amide bonds. The number of hydrogen-bond acceptors (Lipinski definition) is 6. The number of aryl methyl sites for hydroxylation is 1. The van der Waals surface area contributed by atoms with Crippen molar-refractivity contribution in [3.63, 3.8) is 0 Å². The van der Waals surface area contributed by atoms with Gasteiger partial charge in [-0.1, -0.05) is 19.0 Å². The van der Waals surface area contributed by atoms with Gasteiger partial charge in [0.15, 0.2) is 5.82 Å². The maximum atomic E-state index is 12.4. The fourth-order valence-electron chi connectivity index (χ4n) is 2.18. The average molecular weight is 319 g/mol. The molecule has 0 atom stereocenters. The lowest BCUT2D eigenvalue weighted by Gasteiger charge is -2.16. The van der Waals surface area contributed by atoms with E-state index in [-0.39, 0.29) is 11.6 Å². The van der Waals surface area contributed by atoms with Crippen molar-refractivity contribution in [2.45, 2.75) is 33.6 Å². The molecule has 0 aliphatic carbocycles. The van der Waals surface area contributed by atoms with Gasteiger partial charge in [0.2, 0.25) is 5.89 Å². The number of carbonyl (C=O) groups excluding carboxylic acids is 1. The van der Waals surface area contributed by atoms with Gasteiger partial charge in [0, 0.05) is 32.6 Å². The number of nitrogens with zero attached hydrogens (tertiary/aromatic N) is 4. The smallest absolute Gasteiger partial charge is 0.340 e. The van der Waals surface area contributed by atoms with E-state index in [1.54, 1.807) is 20.0 Å². The molecule has 0 fully saturated rings. The van der Waals surface area contributed by atoms with Gasteiger partial charge in [-0.05, 0) is 18.4 Å². The molecule has 0 aliphatic heterocycles. The first kappa shape index (κ1) is 16.9. The molecule has 23 heavy (non-hydrogen) atoms. The maximum Gasteiger partial charge on any atom is 0.345 e. The minimum Gasteiger partial charge on any atom is -0.340 e. The lowest BCUT2D eigenvalue weighted by atomic mass is 10.1. The summed E-state index contributed by atoms with van der Waals surface area (Å²) in [5, 5.41) is 3.79. The Morgan fingerprint density at radius 3 is 2.74 bits per heavy atom. The molecule has 0 saturated carbocycles. The molecule has 0 saturated heterocycles. The van der Waals surface area contributed by atoms with E-state index in [2.05, 4.69) is 20.1 Å². The Bertz CT molecular complexity index is 735. The molecule has 2 rings (SSSR count). The number of carbonyl (C=O) groups is 1. The normalized spacial score (nSPS) is 11.0. The summed E-state index contributed by atoms with van der Waals surface area (Å²) in [4.78, 5) is 36.1. The molecule has 0 aliphatic rings. The van der Waals surface area contributed by atoms with Gasteiger partial charge < -0.3 is 14.4 Å². The van der Waals surface area contributed by atoms with Crippen molar-refractivity contribution >= 4 is 5.91 Å². The summed E-state index contributed by atoms with van der Waals surface area (Å²) < 4.78 is 4.89. The van der Waals surface area contributed by atoms with Crippen LogP contribution in [0.2, 0.25) is 0 Å². The van der Waals surface area contributed by atoms with Crippen molar-refractivity contribution < 1.29 is 9.32 Å². The van der Waals surface area contributed by atoms with E-state index >= 15 is 0 Å². The highest BCUT2D eigenvalue weighted by atomic mass is 16.5. The number of aromatic nitrogens is 4. The second-order valence-electron chi connectivity index (χ2n) is 5.90. The monoisotopic (exact) mass is 319 g/mol. The van der Waals surface area contributed by atoms with Crippen molar-refractivity contribution in [1.82, 2.24) is 25.0 Å². The quantitative estimate of drug-likeness (QED) is 0.850. The fraction of sp³-hybridized carbons (Fsp3) is 0.533. The van der Waals surface area contributed by atoms with Gasteiger partial charge in [0.25, 0.3) is 5.91 Å². The van der Waals surface area contributed by atoms with Crippen LogP contribution in [-0.2, 0) is 12.8 Å². The van der Waals surface area contributed by atoms with Crippen LogP contribution < -0.4 is 5.69 Å². The Balaban J connectivity index is 2.06. The molecule has 0 aromatic carbocycles. The third-order valence-corrected chi connectivity index (χ3v) is 3.23. The Labute approximate surface area is 133 Å². The highest BCUT2D eigenvalue weighted by Crippen LogP contribution is 2.07. The van der Waals surface area contributed by atoms with Gasteiger partial charge in [-0.25, -0.2) is 4.79 Å². The minimum absolute atomic E-state index is 0.149. The summed E-state index contributed by atoms with van der Waals surface area (Å²) in [5.74, 6) is 1.10. The van der Waals surface area contributed by atoms with E-state index in [4.69, 9.17) is 4.52 Å². The predicted octanol–water partition coefficient (Wildman–Crippen LogP) is 0.975. The Morgan fingerprint density at radius 1 is 1.39 bits per heavy atom. The number of rotatable bonds is 6. The van der Waals surface area contributed by atoms with Crippen LogP contribution >= 0.6 is 0 Å². The van der Waals surface area contributed by atoms with Gasteiger partial charge in [-0.3, -0.25) is 4.79 Å². The first-order valence-corrected chi connectivity index (χ1v) is 7.50. The number of aromatic amines is 1. The molecular weight excluding hydrogens is 298 g/mol. The number of H-pyrrole nitrogens is 1. The van der Waals surface area contributed by atoms with Crippen molar-refractivity contribution in [2.75, 3.05) is 13.6 Å². The van der Waals surface area contributed by atoms with Gasteiger partial charge in [0.1, 0.15) is 5.69 Å². The minimum atomic E-state index is -0.506. The molecule has 1 N–H and O–H groups in total. The summed E-state index contributed by atoms with van der Waals surface area (Å²) in [7, 11) is 1.65. The molecule has 0 radical (unpaired) electrons. The third-order valence-electron chi connectivity index (χ3n) is 3.23. The molecule has 0 spiro atoms. The van der Waals surface area contributed by atoms with Crippen LogP contribution in [-0.4, -0.2) is 44.5 Å². The average Bonchev–Trinajstić information content (AvgIpc) is 2.88. The lowest BCUT2D eigenvalue weighted by Crippen LogP contribution is -2.32. The zero-order chi connectivity index (χ0) is 17.0. The summed E-state index contributed by atoms with van der Waals surface area (Å²) in [6.07, 6.45) is 1.16. The first-order chi connectivity index (χ1) is 10.8. The van der Waals surface area contributed by atoms with Crippen molar-refractivity contribution in [1.29, 1.82) is 0 Å². The molecule has 0 unspecified atom stereocenters. The van der Waals surface area contributed by atoms with E-state index in [0.717, 1.165) is 0 Å². The summed E-state index contributed by atoms with van der Waals surface area (Å²) in [5.41, 5.74) is 0.357. The lowest BCUT2D eigenvalue weighted by molar-refractivity contribution is 0.0789. The Kier molecular flexibility index (Phi) is 5.25. The van der Waals surface area contributed by atoms with E-state index < -0.39 is 5.69 Å². The van der Waals surface area contributed by atoms with Gasteiger partial charge in [-0.2, -0.15) is 9.97 Å². The van der Waals surface area contributed by atoms with Gasteiger partial charge in [-0.15, -0.1) is 0 Å². The maximum absolute atomic E-state index is 12.4. The van der Waals surface area contributed by atoms with Crippen LogP contribution in [0.3, 0.4) is 0 Å². The number of amides is 1. The number of likely N-dealkylation sites (N-methyl/N-ethyl adjacent to an activating group) is 1. The van der Waals surface area contributed by atoms with Crippen LogP contribution in [0.1, 0.15) is 41.7 Å². The SMILES string of the molecule is Cc1nc(CCN(C)C(=O)c2cc(CC(C)C)[nH]c(=O)n2)no1.